The lowest BCUT2D eigenvalue weighted by Crippen LogP contribution is -2.06. The Balaban J connectivity index is 2.59. The van der Waals surface area contributed by atoms with Gasteiger partial charge in [0.25, 0.3) is 0 Å². The highest BCUT2D eigenvalue weighted by Gasteiger charge is 2.07. The summed E-state index contributed by atoms with van der Waals surface area (Å²) < 4.78 is 10.0. The second-order valence-electron chi connectivity index (χ2n) is 3.49. The van der Waals surface area contributed by atoms with Gasteiger partial charge in [0, 0.05) is 16.9 Å². The molecule has 98 valence electrons. The number of hydrogen-bond acceptors (Lipinski definition) is 5. The first-order valence-corrected chi connectivity index (χ1v) is 6.72. The van der Waals surface area contributed by atoms with Crippen LogP contribution in [0, 0.1) is 0 Å². The van der Waals surface area contributed by atoms with Gasteiger partial charge in [0.05, 0.1) is 19.5 Å². The predicted molar refractivity (Wildman–Crippen MR) is 71.2 cm³/mol. The van der Waals surface area contributed by atoms with E-state index in [-0.39, 0.29) is 5.97 Å². The third-order valence-electron chi connectivity index (χ3n) is 2.22. The molecule has 0 unspecified atom stereocenters. The zero-order chi connectivity index (χ0) is 13.4. The van der Waals surface area contributed by atoms with Crippen molar-refractivity contribution in [3.05, 3.63) is 29.3 Å². The lowest BCUT2D eigenvalue weighted by atomic mass is 10.1. The van der Waals surface area contributed by atoms with Crippen molar-refractivity contribution in [2.45, 2.75) is 12.7 Å². The molecule has 0 aromatic heterocycles. The molecule has 4 nitrogen and oxygen atoms in total. The van der Waals surface area contributed by atoms with Crippen LogP contribution in [-0.2, 0) is 15.3 Å². The summed E-state index contributed by atoms with van der Waals surface area (Å²) in [7, 11) is 1.58. The number of hydrogen-bond donors (Lipinski definition) is 0. The molecule has 5 heteroatoms. The van der Waals surface area contributed by atoms with Crippen LogP contribution in [0.2, 0.25) is 0 Å². The summed E-state index contributed by atoms with van der Waals surface area (Å²) in [5.74, 6) is 1.39. The molecule has 0 spiro atoms. The molecule has 0 heterocycles. The number of benzene rings is 1. The second-order valence-corrected chi connectivity index (χ2v) is 4.47. The Kier molecular flexibility index (Phi) is 6.28. The van der Waals surface area contributed by atoms with Crippen molar-refractivity contribution in [2.24, 2.45) is 0 Å². The number of carbonyl (C=O) groups is 2. The molecule has 0 radical (unpaired) electrons. The Morgan fingerprint density at radius 3 is 2.83 bits per heavy atom. The number of ether oxygens (including phenoxy) is 2. The van der Waals surface area contributed by atoms with Crippen molar-refractivity contribution in [3.8, 4) is 5.75 Å². The molecule has 1 aromatic rings. The highest BCUT2D eigenvalue weighted by atomic mass is 32.2. The topological polar surface area (TPSA) is 52.6 Å². The van der Waals surface area contributed by atoms with E-state index >= 15 is 0 Å². The van der Waals surface area contributed by atoms with Gasteiger partial charge in [0.15, 0.2) is 0 Å². The van der Waals surface area contributed by atoms with E-state index in [0.717, 1.165) is 17.6 Å². The van der Waals surface area contributed by atoms with Gasteiger partial charge in [-0.05, 0) is 25.1 Å². The number of methoxy groups -OCH3 is 1. The largest absolute Gasteiger partial charge is 0.496 e. The molecule has 1 aromatic carbocycles. The van der Waals surface area contributed by atoms with Gasteiger partial charge in [0.1, 0.15) is 12.0 Å². The molecule has 0 saturated carbocycles. The standard InChI is InChI=1S/C13H16O4S/c1-3-17-13(15)9-18-8-11-6-10(7-14)4-5-12(11)16-2/h4-7H,3,8-9H2,1-2H3. The summed E-state index contributed by atoms with van der Waals surface area (Å²) in [6.07, 6.45) is 0.791. The third-order valence-corrected chi connectivity index (χ3v) is 3.18. The molecule has 0 atom stereocenters. The molecule has 0 fully saturated rings. The van der Waals surface area contributed by atoms with E-state index < -0.39 is 0 Å². The quantitative estimate of drug-likeness (QED) is 0.561. The van der Waals surface area contributed by atoms with Crippen molar-refractivity contribution in [3.63, 3.8) is 0 Å². The average Bonchev–Trinajstić information content (AvgIpc) is 2.39. The summed E-state index contributed by atoms with van der Waals surface area (Å²) in [5, 5.41) is 0. The normalized spacial score (nSPS) is 9.89. The Morgan fingerprint density at radius 1 is 1.44 bits per heavy atom. The Bertz CT molecular complexity index is 417. The Hall–Kier alpha value is -1.49. The van der Waals surface area contributed by atoms with Gasteiger partial charge < -0.3 is 9.47 Å². The van der Waals surface area contributed by atoms with Crippen LogP contribution in [0.3, 0.4) is 0 Å². The van der Waals surface area contributed by atoms with Gasteiger partial charge in [-0.2, -0.15) is 0 Å². The number of carbonyl (C=O) groups excluding carboxylic acids is 2. The van der Waals surface area contributed by atoms with Crippen LogP contribution in [0.1, 0.15) is 22.8 Å². The minimum absolute atomic E-state index is 0.229. The molecule has 0 aliphatic carbocycles. The maximum absolute atomic E-state index is 11.2. The van der Waals surface area contributed by atoms with Gasteiger partial charge in [0.2, 0.25) is 0 Å². The second kappa shape index (κ2) is 7.76. The van der Waals surface area contributed by atoms with E-state index in [1.807, 2.05) is 0 Å². The molecule has 0 aliphatic heterocycles. The van der Waals surface area contributed by atoms with Crippen molar-refractivity contribution < 1.29 is 19.1 Å². The fourth-order valence-electron chi connectivity index (χ4n) is 1.43. The Labute approximate surface area is 111 Å². The average molecular weight is 268 g/mol. The molecule has 0 N–H and O–H groups in total. The van der Waals surface area contributed by atoms with Crippen molar-refractivity contribution >= 4 is 24.0 Å². The number of rotatable bonds is 7. The van der Waals surface area contributed by atoms with Gasteiger partial charge in [-0.3, -0.25) is 9.59 Å². The molecular formula is C13H16O4S. The van der Waals surface area contributed by atoms with Crippen LogP contribution in [-0.4, -0.2) is 31.7 Å². The third kappa shape index (κ3) is 4.41. The lowest BCUT2D eigenvalue weighted by molar-refractivity contribution is -0.139. The highest BCUT2D eigenvalue weighted by Crippen LogP contribution is 2.24. The molecule has 0 aliphatic rings. The van der Waals surface area contributed by atoms with Crippen LogP contribution in [0.5, 0.6) is 5.75 Å². The number of thioether (sulfide) groups is 1. The van der Waals surface area contributed by atoms with Crippen LogP contribution >= 0.6 is 11.8 Å². The first-order chi connectivity index (χ1) is 8.71. The van der Waals surface area contributed by atoms with Crippen molar-refractivity contribution in [1.29, 1.82) is 0 Å². The van der Waals surface area contributed by atoms with Crippen molar-refractivity contribution in [1.82, 2.24) is 0 Å². The van der Waals surface area contributed by atoms with E-state index in [9.17, 15) is 9.59 Å². The maximum atomic E-state index is 11.2. The fourth-order valence-corrected chi connectivity index (χ4v) is 2.23. The minimum atomic E-state index is -0.229. The van der Waals surface area contributed by atoms with E-state index in [1.165, 1.54) is 11.8 Å². The predicted octanol–water partition coefficient (Wildman–Crippen LogP) is 2.30. The Morgan fingerprint density at radius 2 is 2.22 bits per heavy atom. The van der Waals surface area contributed by atoms with E-state index in [2.05, 4.69) is 0 Å². The summed E-state index contributed by atoms with van der Waals surface area (Å²) in [5.41, 5.74) is 1.50. The fraction of sp³-hybridized carbons (Fsp3) is 0.385. The van der Waals surface area contributed by atoms with E-state index in [1.54, 1.807) is 32.2 Å². The van der Waals surface area contributed by atoms with Gasteiger partial charge in [-0.25, -0.2) is 0 Å². The zero-order valence-corrected chi connectivity index (χ0v) is 11.3. The van der Waals surface area contributed by atoms with Crippen LogP contribution in [0.15, 0.2) is 18.2 Å². The van der Waals surface area contributed by atoms with Gasteiger partial charge in [-0.15, -0.1) is 11.8 Å². The summed E-state index contributed by atoms with van der Waals surface area (Å²) in [6, 6.07) is 5.22. The number of esters is 1. The monoisotopic (exact) mass is 268 g/mol. The summed E-state index contributed by atoms with van der Waals surface area (Å²) in [4.78, 5) is 21.9. The molecule has 0 bridgehead atoms. The zero-order valence-electron chi connectivity index (χ0n) is 10.5. The van der Waals surface area contributed by atoms with Crippen LogP contribution in [0.4, 0.5) is 0 Å². The van der Waals surface area contributed by atoms with E-state index in [4.69, 9.17) is 9.47 Å². The van der Waals surface area contributed by atoms with Crippen LogP contribution in [0.25, 0.3) is 0 Å². The smallest absolute Gasteiger partial charge is 0.315 e. The molecule has 0 amide bonds. The van der Waals surface area contributed by atoms with E-state index in [0.29, 0.717) is 23.7 Å². The first-order valence-electron chi connectivity index (χ1n) is 5.56. The summed E-state index contributed by atoms with van der Waals surface area (Å²) >= 11 is 1.43. The molecule has 18 heavy (non-hydrogen) atoms. The van der Waals surface area contributed by atoms with Crippen LogP contribution < -0.4 is 4.74 Å². The molecular weight excluding hydrogens is 252 g/mol. The van der Waals surface area contributed by atoms with Crippen molar-refractivity contribution in [2.75, 3.05) is 19.5 Å². The minimum Gasteiger partial charge on any atom is -0.496 e. The van der Waals surface area contributed by atoms with Gasteiger partial charge in [-0.1, -0.05) is 0 Å². The van der Waals surface area contributed by atoms with Gasteiger partial charge >= 0.3 is 5.97 Å². The molecule has 1 rings (SSSR count). The highest BCUT2D eigenvalue weighted by molar-refractivity contribution is 7.99. The summed E-state index contributed by atoms with van der Waals surface area (Å²) in [6.45, 7) is 2.17. The SMILES string of the molecule is CCOC(=O)CSCc1cc(C=O)ccc1OC. The first kappa shape index (κ1) is 14.6. The maximum Gasteiger partial charge on any atom is 0.315 e. The number of aldehydes is 1. The lowest BCUT2D eigenvalue weighted by Gasteiger charge is -2.08. The molecule has 0 saturated heterocycles.